The maximum absolute atomic E-state index is 11.8. The number of aromatic nitrogens is 1. The van der Waals surface area contributed by atoms with E-state index >= 15 is 0 Å². The summed E-state index contributed by atoms with van der Waals surface area (Å²) in [6.45, 7) is 2.19. The monoisotopic (exact) mass is 251 g/mol. The molecule has 2 N–H and O–H groups in total. The highest BCUT2D eigenvalue weighted by Crippen LogP contribution is 2.20. The van der Waals surface area contributed by atoms with Gasteiger partial charge in [-0.2, -0.15) is 0 Å². The number of amides is 1. The summed E-state index contributed by atoms with van der Waals surface area (Å²) in [6, 6.07) is 3.50. The third-order valence-electron chi connectivity index (χ3n) is 2.66. The van der Waals surface area contributed by atoms with E-state index in [1.54, 1.807) is 18.3 Å². The molecule has 6 nitrogen and oxygen atoms in total. The lowest BCUT2D eigenvalue weighted by Crippen LogP contribution is -2.40. The molecule has 1 aromatic rings. The Morgan fingerprint density at radius 2 is 2.61 bits per heavy atom. The summed E-state index contributed by atoms with van der Waals surface area (Å²) in [5.41, 5.74) is 0.578. The van der Waals surface area contributed by atoms with Crippen LogP contribution >= 0.6 is 0 Å². The van der Waals surface area contributed by atoms with E-state index in [0.29, 0.717) is 31.1 Å². The zero-order valence-corrected chi connectivity index (χ0v) is 10.3. The number of rotatable bonds is 4. The summed E-state index contributed by atoms with van der Waals surface area (Å²) in [6.07, 6.45) is 1.87. The quantitative estimate of drug-likeness (QED) is 0.810. The van der Waals surface area contributed by atoms with E-state index in [1.165, 1.54) is 7.11 Å². The molecule has 0 aliphatic carbocycles. The van der Waals surface area contributed by atoms with E-state index < -0.39 is 0 Å². The molecule has 6 heteroatoms. The number of methoxy groups -OCH3 is 1. The fraction of sp³-hybridized carbons (Fsp3) is 0.500. The maximum Gasteiger partial charge on any atom is 0.237 e. The molecule has 0 saturated carbocycles. The summed E-state index contributed by atoms with van der Waals surface area (Å²) in [4.78, 5) is 15.9. The van der Waals surface area contributed by atoms with Gasteiger partial charge in [-0.05, 0) is 12.1 Å². The van der Waals surface area contributed by atoms with Crippen molar-refractivity contribution in [3.8, 4) is 5.88 Å². The minimum atomic E-state index is -0.102. The first kappa shape index (κ1) is 12.8. The smallest absolute Gasteiger partial charge is 0.237 e. The topological polar surface area (TPSA) is 72.5 Å². The van der Waals surface area contributed by atoms with Gasteiger partial charge in [-0.15, -0.1) is 0 Å². The third-order valence-corrected chi connectivity index (χ3v) is 2.66. The van der Waals surface area contributed by atoms with Gasteiger partial charge in [0, 0.05) is 19.3 Å². The number of nitrogens with zero attached hydrogens (tertiary/aromatic N) is 1. The highest BCUT2D eigenvalue weighted by molar-refractivity contribution is 5.92. The van der Waals surface area contributed by atoms with Crippen molar-refractivity contribution in [1.29, 1.82) is 0 Å². The van der Waals surface area contributed by atoms with Crippen LogP contribution in [0.3, 0.4) is 0 Å². The van der Waals surface area contributed by atoms with Crippen molar-refractivity contribution in [3.05, 3.63) is 18.3 Å². The summed E-state index contributed by atoms with van der Waals surface area (Å²) in [5, 5.41) is 5.96. The van der Waals surface area contributed by atoms with Crippen LogP contribution in [0.25, 0.3) is 0 Å². The molecule has 0 spiro atoms. The summed E-state index contributed by atoms with van der Waals surface area (Å²) in [5.74, 6) is 0.309. The van der Waals surface area contributed by atoms with Crippen molar-refractivity contribution in [2.45, 2.75) is 12.5 Å². The van der Waals surface area contributed by atoms with Gasteiger partial charge in [0.05, 0.1) is 26.2 Å². The minimum Gasteiger partial charge on any atom is -0.480 e. The number of nitrogens with one attached hydrogen (secondary N) is 2. The number of pyridine rings is 1. The lowest BCUT2D eigenvalue weighted by atomic mass is 10.2. The van der Waals surface area contributed by atoms with Crippen LogP contribution in [0.2, 0.25) is 0 Å². The number of anilines is 1. The van der Waals surface area contributed by atoms with Crippen molar-refractivity contribution >= 4 is 11.6 Å². The van der Waals surface area contributed by atoms with E-state index in [2.05, 4.69) is 15.6 Å². The Hall–Kier alpha value is -1.66. The summed E-state index contributed by atoms with van der Waals surface area (Å²) in [7, 11) is 1.52. The van der Waals surface area contributed by atoms with Crippen LogP contribution in [0.1, 0.15) is 6.42 Å². The molecule has 1 amide bonds. The molecule has 1 fully saturated rings. The van der Waals surface area contributed by atoms with Crippen molar-refractivity contribution in [2.75, 3.05) is 32.1 Å². The molecule has 1 atom stereocenters. The van der Waals surface area contributed by atoms with Crippen molar-refractivity contribution in [2.24, 2.45) is 0 Å². The first-order valence-corrected chi connectivity index (χ1v) is 5.91. The minimum absolute atomic E-state index is 0.0681. The molecule has 0 radical (unpaired) electrons. The molecule has 1 aliphatic heterocycles. The Morgan fingerprint density at radius 3 is 3.33 bits per heavy atom. The van der Waals surface area contributed by atoms with Crippen LogP contribution in [-0.4, -0.2) is 43.8 Å². The molecule has 1 saturated heterocycles. The molecule has 1 aromatic heterocycles. The predicted octanol–water partition coefficient (Wildman–Crippen LogP) is 0.407. The van der Waals surface area contributed by atoms with E-state index in [-0.39, 0.29) is 12.0 Å². The molecule has 1 aliphatic rings. The van der Waals surface area contributed by atoms with Gasteiger partial charge in [-0.25, -0.2) is 4.98 Å². The average Bonchev–Trinajstić information content (AvgIpc) is 2.40. The van der Waals surface area contributed by atoms with E-state index in [0.717, 1.165) is 6.54 Å². The molecule has 1 unspecified atom stereocenters. The highest BCUT2D eigenvalue weighted by atomic mass is 16.5. The summed E-state index contributed by atoms with van der Waals surface area (Å²) >= 11 is 0. The number of hydrogen-bond acceptors (Lipinski definition) is 5. The van der Waals surface area contributed by atoms with Gasteiger partial charge in [0.15, 0.2) is 0 Å². The van der Waals surface area contributed by atoms with Crippen LogP contribution < -0.4 is 15.4 Å². The molecular weight excluding hydrogens is 234 g/mol. The Kier molecular flexibility index (Phi) is 4.49. The average molecular weight is 251 g/mol. The number of ether oxygens (including phenoxy) is 2. The first-order chi connectivity index (χ1) is 8.79. The highest BCUT2D eigenvalue weighted by Gasteiger charge is 2.18. The maximum atomic E-state index is 11.8. The first-order valence-electron chi connectivity index (χ1n) is 5.91. The summed E-state index contributed by atoms with van der Waals surface area (Å²) < 4.78 is 10.5. The van der Waals surface area contributed by atoms with Gasteiger partial charge in [-0.3, -0.25) is 4.79 Å². The SMILES string of the molecule is COc1ncccc1NC(=O)CC1CNCCO1. The van der Waals surface area contributed by atoms with Crippen LogP contribution in [0, 0.1) is 0 Å². The predicted molar refractivity (Wildman–Crippen MR) is 66.6 cm³/mol. The van der Waals surface area contributed by atoms with Crippen molar-refractivity contribution in [3.63, 3.8) is 0 Å². The molecule has 0 aromatic carbocycles. The standard InChI is InChI=1S/C12H17N3O3/c1-17-12-10(3-2-4-14-12)15-11(16)7-9-8-13-5-6-18-9/h2-4,9,13H,5-8H2,1H3,(H,15,16). The normalized spacial score (nSPS) is 19.3. The fourth-order valence-electron chi connectivity index (χ4n) is 1.81. The van der Waals surface area contributed by atoms with Gasteiger partial charge in [0.25, 0.3) is 0 Å². The second-order valence-electron chi connectivity index (χ2n) is 4.01. The lowest BCUT2D eigenvalue weighted by Gasteiger charge is -2.23. The van der Waals surface area contributed by atoms with E-state index in [9.17, 15) is 4.79 Å². The third kappa shape index (κ3) is 3.41. The number of carbonyl (C=O) groups is 1. The van der Waals surface area contributed by atoms with Crippen LogP contribution in [0.15, 0.2) is 18.3 Å². The second-order valence-corrected chi connectivity index (χ2v) is 4.01. The zero-order valence-electron chi connectivity index (χ0n) is 10.3. The molecular formula is C12H17N3O3. The van der Waals surface area contributed by atoms with Gasteiger partial charge in [0.2, 0.25) is 11.8 Å². The Bertz CT molecular complexity index is 405. The molecule has 2 rings (SSSR count). The van der Waals surface area contributed by atoms with Crippen LogP contribution in [-0.2, 0) is 9.53 Å². The van der Waals surface area contributed by atoms with Crippen molar-refractivity contribution < 1.29 is 14.3 Å². The molecule has 98 valence electrons. The van der Waals surface area contributed by atoms with Gasteiger partial charge < -0.3 is 20.1 Å². The molecule has 18 heavy (non-hydrogen) atoms. The Balaban J connectivity index is 1.90. The Morgan fingerprint density at radius 1 is 1.72 bits per heavy atom. The Labute approximate surface area is 106 Å². The van der Waals surface area contributed by atoms with E-state index in [1.807, 2.05) is 0 Å². The van der Waals surface area contributed by atoms with Crippen LogP contribution in [0.5, 0.6) is 5.88 Å². The zero-order chi connectivity index (χ0) is 12.8. The van der Waals surface area contributed by atoms with E-state index in [4.69, 9.17) is 9.47 Å². The van der Waals surface area contributed by atoms with Gasteiger partial charge >= 0.3 is 0 Å². The van der Waals surface area contributed by atoms with Crippen molar-refractivity contribution in [1.82, 2.24) is 10.3 Å². The second kappa shape index (κ2) is 6.32. The van der Waals surface area contributed by atoms with Gasteiger partial charge in [0.1, 0.15) is 5.69 Å². The largest absolute Gasteiger partial charge is 0.480 e. The molecule has 2 heterocycles. The van der Waals surface area contributed by atoms with Crippen LogP contribution in [0.4, 0.5) is 5.69 Å². The number of hydrogen-bond donors (Lipinski definition) is 2. The molecule has 0 bridgehead atoms. The fourth-order valence-corrected chi connectivity index (χ4v) is 1.81. The van der Waals surface area contributed by atoms with Gasteiger partial charge in [-0.1, -0.05) is 0 Å². The number of carbonyl (C=O) groups excluding carboxylic acids is 1. The number of morpholine rings is 1. The lowest BCUT2D eigenvalue weighted by molar-refractivity contribution is -0.119.